The lowest BCUT2D eigenvalue weighted by molar-refractivity contribution is -0.171. The second-order valence-corrected chi connectivity index (χ2v) is 8.74. The molecule has 0 amide bonds. The number of nitrogens with zero attached hydrogens (tertiary/aromatic N) is 1. The van der Waals surface area contributed by atoms with Crippen LogP contribution < -0.4 is 10.6 Å². The number of aliphatic imine (C=N–C) groups is 1. The number of fused-ring (bicyclic) bond motifs is 3. The molecule has 1 aromatic carbocycles. The Kier molecular flexibility index (Phi) is 6.11. The van der Waals surface area contributed by atoms with Gasteiger partial charge in [-0.05, 0) is 51.2 Å². The van der Waals surface area contributed by atoms with Gasteiger partial charge in [-0.15, -0.1) is 24.0 Å². The molecule has 5 rings (SSSR count). The number of ether oxygens (including phenoxy) is 1. The van der Waals surface area contributed by atoms with Crippen molar-refractivity contribution in [2.75, 3.05) is 19.7 Å². The van der Waals surface area contributed by atoms with E-state index in [4.69, 9.17) is 9.73 Å². The van der Waals surface area contributed by atoms with E-state index in [0.717, 1.165) is 32.1 Å². The first kappa shape index (κ1) is 21.0. The summed E-state index contributed by atoms with van der Waals surface area (Å²) in [7, 11) is 0. The van der Waals surface area contributed by atoms with Crippen LogP contribution >= 0.6 is 24.0 Å². The SMILES string of the molecule is CCNC(=NCCc1c(C)[nH]c2ccccc12)NC1C2CCOC2C12CCC2.I. The lowest BCUT2D eigenvalue weighted by Crippen LogP contribution is -2.72. The number of rotatable bonds is 5. The van der Waals surface area contributed by atoms with Crippen LogP contribution in [0, 0.1) is 18.3 Å². The molecule has 2 saturated carbocycles. The molecule has 1 saturated heterocycles. The molecule has 0 bridgehead atoms. The highest BCUT2D eigenvalue weighted by Gasteiger charge is 2.66. The van der Waals surface area contributed by atoms with Gasteiger partial charge in [0.05, 0.1) is 6.10 Å². The summed E-state index contributed by atoms with van der Waals surface area (Å²) in [6.07, 6.45) is 6.60. The fourth-order valence-electron chi connectivity index (χ4n) is 5.86. The molecule has 1 aliphatic heterocycles. The number of halogens is 1. The number of para-hydroxylation sites is 1. The van der Waals surface area contributed by atoms with Crippen molar-refractivity contribution in [2.24, 2.45) is 16.3 Å². The van der Waals surface area contributed by atoms with Crippen LogP contribution in [0.25, 0.3) is 10.9 Å². The highest BCUT2D eigenvalue weighted by molar-refractivity contribution is 14.0. The summed E-state index contributed by atoms with van der Waals surface area (Å²) in [5.41, 5.74) is 4.24. The maximum atomic E-state index is 6.06. The average molecular weight is 508 g/mol. The predicted molar refractivity (Wildman–Crippen MR) is 129 cm³/mol. The van der Waals surface area contributed by atoms with Gasteiger partial charge in [0.15, 0.2) is 5.96 Å². The van der Waals surface area contributed by atoms with Gasteiger partial charge in [-0.25, -0.2) is 0 Å². The van der Waals surface area contributed by atoms with Gasteiger partial charge in [-0.1, -0.05) is 24.6 Å². The highest BCUT2D eigenvalue weighted by Crippen LogP contribution is 2.62. The Hall–Kier alpha value is -1.28. The standard InChI is InChI=1S/C23H32N4O.HI/c1-3-24-22(27-20-18-10-14-28-21(18)23(20)11-6-12-23)25-13-9-16-15(2)26-19-8-5-4-7-17(16)19;/h4-5,7-8,18,20-21,26H,3,6,9-14H2,1-2H3,(H2,24,25,27);1H. The van der Waals surface area contributed by atoms with Crippen molar-refractivity contribution in [1.82, 2.24) is 15.6 Å². The normalized spacial score (nSPS) is 27.1. The molecular formula is C23H33IN4O. The van der Waals surface area contributed by atoms with E-state index in [-0.39, 0.29) is 24.0 Å². The Labute approximate surface area is 190 Å². The van der Waals surface area contributed by atoms with Gasteiger partial charge in [0.1, 0.15) is 0 Å². The molecule has 29 heavy (non-hydrogen) atoms. The molecule has 0 radical (unpaired) electrons. The minimum atomic E-state index is 0. The first-order valence-corrected chi connectivity index (χ1v) is 11.0. The Morgan fingerprint density at radius 1 is 1.31 bits per heavy atom. The molecular weight excluding hydrogens is 475 g/mol. The lowest BCUT2D eigenvalue weighted by Gasteiger charge is -2.63. The Balaban J connectivity index is 0.00000205. The minimum absolute atomic E-state index is 0. The van der Waals surface area contributed by atoms with E-state index in [1.54, 1.807) is 0 Å². The third-order valence-electron chi connectivity index (χ3n) is 7.33. The van der Waals surface area contributed by atoms with Crippen LogP contribution in [-0.2, 0) is 11.2 Å². The summed E-state index contributed by atoms with van der Waals surface area (Å²) in [4.78, 5) is 8.43. The maximum absolute atomic E-state index is 6.06. The Morgan fingerprint density at radius 3 is 2.90 bits per heavy atom. The molecule has 5 nitrogen and oxygen atoms in total. The summed E-state index contributed by atoms with van der Waals surface area (Å²) in [5, 5.41) is 8.60. The van der Waals surface area contributed by atoms with Crippen molar-refractivity contribution in [3.05, 3.63) is 35.5 Å². The number of H-pyrrole nitrogens is 1. The van der Waals surface area contributed by atoms with Gasteiger partial charge in [-0.2, -0.15) is 0 Å². The molecule has 2 aliphatic carbocycles. The van der Waals surface area contributed by atoms with E-state index in [1.807, 2.05) is 0 Å². The molecule has 3 fully saturated rings. The molecule has 3 aliphatic rings. The van der Waals surface area contributed by atoms with Crippen LogP contribution in [0.4, 0.5) is 0 Å². The van der Waals surface area contributed by atoms with Gasteiger partial charge >= 0.3 is 0 Å². The zero-order valence-electron chi connectivity index (χ0n) is 17.5. The summed E-state index contributed by atoms with van der Waals surface area (Å²) in [6, 6.07) is 9.08. The maximum Gasteiger partial charge on any atom is 0.191 e. The second kappa shape index (κ2) is 8.46. The van der Waals surface area contributed by atoms with Gasteiger partial charge in [-0.3, -0.25) is 4.99 Å². The van der Waals surface area contributed by atoms with Crippen LogP contribution in [0.1, 0.15) is 43.9 Å². The van der Waals surface area contributed by atoms with Crippen molar-refractivity contribution in [2.45, 2.75) is 58.1 Å². The zero-order valence-corrected chi connectivity index (χ0v) is 19.8. The van der Waals surface area contributed by atoms with E-state index >= 15 is 0 Å². The molecule has 2 heterocycles. The number of nitrogens with one attached hydrogen (secondary N) is 3. The number of guanidine groups is 1. The van der Waals surface area contributed by atoms with Crippen LogP contribution in [-0.4, -0.2) is 42.8 Å². The molecule has 2 aromatic rings. The number of aromatic nitrogens is 1. The fourth-order valence-corrected chi connectivity index (χ4v) is 5.86. The topological polar surface area (TPSA) is 61.4 Å². The van der Waals surface area contributed by atoms with Gasteiger partial charge in [0, 0.05) is 53.7 Å². The smallest absolute Gasteiger partial charge is 0.191 e. The molecule has 158 valence electrons. The number of aromatic amines is 1. The summed E-state index contributed by atoms with van der Waals surface area (Å²) >= 11 is 0. The third-order valence-corrected chi connectivity index (χ3v) is 7.33. The van der Waals surface area contributed by atoms with Crippen molar-refractivity contribution in [3.63, 3.8) is 0 Å². The Bertz CT molecular complexity index is 888. The lowest BCUT2D eigenvalue weighted by atomic mass is 9.46. The van der Waals surface area contributed by atoms with Crippen LogP contribution in [0.5, 0.6) is 0 Å². The predicted octanol–water partition coefficient (Wildman–Crippen LogP) is 4.15. The van der Waals surface area contributed by atoms with E-state index in [0.29, 0.717) is 23.5 Å². The van der Waals surface area contributed by atoms with E-state index in [1.165, 1.54) is 47.8 Å². The van der Waals surface area contributed by atoms with E-state index in [2.05, 4.69) is 53.7 Å². The molecule has 3 unspecified atom stereocenters. The van der Waals surface area contributed by atoms with Gasteiger partial charge < -0.3 is 20.4 Å². The number of hydrogen-bond acceptors (Lipinski definition) is 2. The molecule has 6 heteroatoms. The first-order valence-electron chi connectivity index (χ1n) is 11.0. The van der Waals surface area contributed by atoms with Crippen molar-refractivity contribution < 1.29 is 4.74 Å². The number of benzene rings is 1. The van der Waals surface area contributed by atoms with Crippen LogP contribution in [0.2, 0.25) is 0 Å². The second-order valence-electron chi connectivity index (χ2n) is 8.74. The highest BCUT2D eigenvalue weighted by atomic mass is 127. The van der Waals surface area contributed by atoms with Crippen LogP contribution in [0.3, 0.4) is 0 Å². The van der Waals surface area contributed by atoms with Gasteiger partial charge in [0.25, 0.3) is 0 Å². The largest absolute Gasteiger partial charge is 0.377 e. The average Bonchev–Trinajstić information content (AvgIpc) is 3.20. The first-order chi connectivity index (χ1) is 13.7. The Morgan fingerprint density at radius 2 is 2.14 bits per heavy atom. The zero-order chi connectivity index (χ0) is 19.1. The fraction of sp³-hybridized carbons (Fsp3) is 0.609. The summed E-state index contributed by atoms with van der Waals surface area (Å²) in [5.74, 6) is 1.64. The van der Waals surface area contributed by atoms with Crippen molar-refractivity contribution >= 4 is 40.8 Å². The quantitative estimate of drug-likeness (QED) is 0.323. The van der Waals surface area contributed by atoms with Gasteiger partial charge in [0.2, 0.25) is 0 Å². The minimum Gasteiger partial charge on any atom is -0.377 e. The molecule has 1 aromatic heterocycles. The number of aryl methyl sites for hydroxylation is 1. The molecule has 3 N–H and O–H groups in total. The summed E-state index contributed by atoms with van der Waals surface area (Å²) in [6.45, 7) is 6.92. The monoisotopic (exact) mass is 508 g/mol. The van der Waals surface area contributed by atoms with E-state index < -0.39 is 0 Å². The van der Waals surface area contributed by atoms with Crippen molar-refractivity contribution in [1.29, 1.82) is 0 Å². The molecule has 3 atom stereocenters. The summed E-state index contributed by atoms with van der Waals surface area (Å²) < 4.78 is 6.06. The van der Waals surface area contributed by atoms with E-state index in [9.17, 15) is 0 Å². The number of hydrogen-bond donors (Lipinski definition) is 3. The van der Waals surface area contributed by atoms with Crippen LogP contribution in [0.15, 0.2) is 29.3 Å². The third kappa shape index (κ3) is 3.46. The van der Waals surface area contributed by atoms with Crippen molar-refractivity contribution in [3.8, 4) is 0 Å². The molecule has 1 spiro atoms.